The zero-order chi connectivity index (χ0) is 14.5. The predicted molar refractivity (Wildman–Crippen MR) is 75.0 cm³/mol. The van der Waals surface area contributed by atoms with Gasteiger partial charge >= 0.3 is 5.97 Å². The largest absolute Gasteiger partial charge is 0.494 e. The Hall–Kier alpha value is -1.59. The van der Waals surface area contributed by atoms with Crippen LogP contribution in [0.25, 0.3) is 0 Å². The number of hydrogen-bond acceptors (Lipinski definition) is 4. The van der Waals surface area contributed by atoms with Crippen molar-refractivity contribution in [3.63, 3.8) is 0 Å². The van der Waals surface area contributed by atoms with Gasteiger partial charge in [-0.25, -0.2) is 4.79 Å². The molecule has 0 amide bonds. The van der Waals surface area contributed by atoms with E-state index < -0.39 is 12.1 Å². The smallest absolute Gasteiger partial charge is 0.334 e. The highest BCUT2D eigenvalue weighted by Gasteiger charge is 2.29. The van der Waals surface area contributed by atoms with Crippen LogP contribution in [0.1, 0.15) is 25.5 Å². The lowest BCUT2D eigenvalue weighted by molar-refractivity contribution is -0.157. The summed E-state index contributed by atoms with van der Waals surface area (Å²) < 4.78 is 10.7. The van der Waals surface area contributed by atoms with Crippen molar-refractivity contribution >= 4 is 5.97 Å². The number of carbonyl (C=O) groups is 1. The van der Waals surface area contributed by atoms with Crippen molar-refractivity contribution in [3.05, 3.63) is 29.8 Å². The average Bonchev–Trinajstić information content (AvgIpc) is 2.48. The number of benzene rings is 1. The number of carboxylic acid groups (broad SMARTS) is 1. The molecule has 1 aromatic carbocycles. The molecule has 1 aromatic rings. The van der Waals surface area contributed by atoms with E-state index in [0.29, 0.717) is 19.8 Å². The number of carboxylic acids is 1. The molecule has 0 saturated carbocycles. The molecule has 2 rings (SSSR count). The normalized spacial score (nSPS) is 21.4. The highest BCUT2D eigenvalue weighted by atomic mass is 16.5. The Morgan fingerprint density at radius 2 is 2.20 bits per heavy atom. The number of ether oxygens (including phenoxy) is 2. The topological polar surface area (TPSA) is 59.0 Å². The summed E-state index contributed by atoms with van der Waals surface area (Å²) in [6, 6.07) is 8.12. The van der Waals surface area contributed by atoms with Crippen molar-refractivity contribution in [2.75, 3.05) is 26.3 Å². The molecule has 0 bridgehead atoms. The molecule has 0 aromatic heterocycles. The Balaban J connectivity index is 2.02. The lowest BCUT2D eigenvalue weighted by Crippen LogP contribution is -2.46. The highest BCUT2D eigenvalue weighted by Crippen LogP contribution is 2.24. The van der Waals surface area contributed by atoms with Gasteiger partial charge in [-0.1, -0.05) is 12.1 Å². The fourth-order valence-electron chi connectivity index (χ4n) is 2.39. The summed E-state index contributed by atoms with van der Waals surface area (Å²) in [4.78, 5) is 13.1. The summed E-state index contributed by atoms with van der Waals surface area (Å²) in [5, 5.41) is 9.04. The van der Waals surface area contributed by atoms with E-state index in [1.807, 2.05) is 31.2 Å². The van der Waals surface area contributed by atoms with Gasteiger partial charge in [-0.2, -0.15) is 0 Å². The SMILES string of the molecule is CCOc1ccc(C(C)N2CCOC(C(=O)O)C2)cc1. The van der Waals surface area contributed by atoms with Crippen molar-refractivity contribution in [1.82, 2.24) is 4.90 Å². The summed E-state index contributed by atoms with van der Waals surface area (Å²) in [6.45, 7) is 6.31. The summed E-state index contributed by atoms with van der Waals surface area (Å²) in [5.74, 6) is -0.0394. The molecule has 2 atom stereocenters. The average molecular weight is 279 g/mol. The molecule has 0 aliphatic carbocycles. The minimum Gasteiger partial charge on any atom is -0.494 e. The molecular formula is C15H21NO4. The fourth-order valence-corrected chi connectivity index (χ4v) is 2.39. The van der Waals surface area contributed by atoms with E-state index in [4.69, 9.17) is 14.6 Å². The maximum atomic E-state index is 11.0. The molecule has 0 radical (unpaired) electrons. The zero-order valence-corrected chi connectivity index (χ0v) is 11.9. The molecule has 0 spiro atoms. The quantitative estimate of drug-likeness (QED) is 0.892. The van der Waals surface area contributed by atoms with Gasteiger partial charge in [0.1, 0.15) is 5.75 Å². The van der Waals surface area contributed by atoms with E-state index in [9.17, 15) is 4.79 Å². The Morgan fingerprint density at radius 1 is 1.50 bits per heavy atom. The maximum Gasteiger partial charge on any atom is 0.334 e. The van der Waals surface area contributed by atoms with Gasteiger partial charge in [-0.3, -0.25) is 4.90 Å². The molecular weight excluding hydrogens is 258 g/mol. The molecule has 1 N–H and O–H groups in total. The number of aliphatic carboxylic acids is 1. The van der Waals surface area contributed by atoms with E-state index in [2.05, 4.69) is 11.8 Å². The van der Waals surface area contributed by atoms with Crippen LogP contribution < -0.4 is 4.74 Å². The minimum atomic E-state index is -0.895. The first-order valence-corrected chi connectivity index (χ1v) is 6.93. The van der Waals surface area contributed by atoms with E-state index in [0.717, 1.165) is 17.9 Å². The third-order valence-corrected chi connectivity index (χ3v) is 3.59. The van der Waals surface area contributed by atoms with Crippen LogP contribution in [0.4, 0.5) is 0 Å². The zero-order valence-electron chi connectivity index (χ0n) is 11.9. The summed E-state index contributed by atoms with van der Waals surface area (Å²) in [5.41, 5.74) is 1.15. The maximum absolute atomic E-state index is 11.0. The van der Waals surface area contributed by atoms with Crippen molar-refractivity contribution < 1.29 is 19.4 Å². The first-order chi connectivity index (χ1) is 9.61. The van der Waals surface area contributed by atoms with Crippen molar-refractivity contribution in [2.24, 2.45) is 0 Å². The molecule has 1 aliphatic rings. The van der Waals surface area contributed by atoms with Crippen molar-refractivity contribution in [1.29, 1.82) is 0 Å². The van der Waals surface area contributed by atoms with Gasteiger partial charge in [0.05, 0.1) is 13.2 Å². The second kappa shape index (κ2) is 6.72. The molecule has 1 heterocycles. The van der Waals surface area contributed by atoms with E-state index in [1.54, 1.807) is 0 Å². The molecule has 110 valence electrons. The molecule has 20 heavy (non-hydrogen) atoms. The standard InChI is InChI=1S/C15H21NO4/c1-3-19-13-6-4-12(5-7-13)11(2)16-8-9-20-14(10-16)15(17)18/h4-7,11,14H,3,8-10H2,1-2H3,(H,17,18). The number of hydrogen-bond donors (Lipinski definition) is 1. The van der Waals surface area contributed by atoms with Gasteiger partial charge in [-0.05, 0) is 31.5 Å². The summed E-state index contributed by atoms with van der Waals surface area (Å²) >= 11 is 0. The van der Waals surface area contributed by atoms with Crippen LogP contribution in [0.2, 0.25) is 0 Å². The Kier molecular flexibility index (Phi) is 4.98. The molecule has 5 heteroatoms. The third kappa shape index (κ3) is 3.49. The Bertz CT molecular complexity index is 446. The lowest BCUT2D eigenvalue weighted by Gasteiger charge is -2.35. The second-order valence-electron chi connectivity index (χ2n) is 4.87. The van der Waals surface area contributed by atoms with Crippen LogP contribution in [-0.2, 0) is 9.53 Å². The summed E-state index contributed by atoms with van der Waals surface area (Å²) in [7, 11) is 0. The minimum absolute atomic E-state index is 0.163. The highest BCUT2D eigenvalue weighted by molar-refractivity contribution is 5.72. The van der Waals surface area contributed by atoms with Crippen molar-refractivity contribution in [3.8, 4) is 5.75 Å². The molecule has 5 nitrogen and oxygen atoms in total. The second-order valence-corrected chi connectivity index (χ2v) is 4.87. The Morgan fingerprint density at radius 3 is 2.80 bits per heavy atom. The van der Waals surface area contributed by atoms with Crippen molar-refractivity contribution in [2.45, 2.75) is 26.0 Å². The van der Waals surface area contributed by atoms with Gasteiger partial charge in [0, 0.05) is 19.1 Å². The van der Waals surface area contributed by atoms with E-state index in [1.165, 1.54) is 0 Å². The van der Waals surface area contributed by atoms with Crippen LogP contribution in [-0.4, -0.2) is 48.4 Å². The predicted octanol–water partition coefficient (Wildman–Crippen LogP) is 1.93. The van der Waals surface area contributed by atoms with E-state index >= 15 is 0 Å². The van der Waals surface area contributed by atoms with E-state index in [-0.39, 0.29) is 6.04 Å². The van der Waals surface area contributed by atoms with Gasteiger partial charge in [0.25, 0.3) is 0 Å². The monoisotopic (exact) mass is 279 g/mol. The third-order valence-electron chi connectivity index (χ3n) is 3.59. The van der Waals surface area contributed by atoms with Crippen LogP contribution in [0.5, 0.6) is 5.75 Å². The van der Waals surface area contributed by atoms with Gasteiger partial charge in [-0.15, -0.1) is 0 Å². The number of rotatable bonds is 5. The molecule has 1 fully saturated rings. The number of morpholine rings is 1. The van der Waals surface area contributed by atoms with Gasteiger partial charge in [0.2, 0.25) is 0 Å². The Labute approximate surface area is 119 Å². The van der Waals surface area contributed by atoms with Gasteiger partial charge < -0.3 is 14.6 Å². The lowest BCUT2D eigenvalue weighted by atomic mass is 10.1. The number of nitrogens with zero attached hydrogens (tertiary/aromatic N) is 1. The fraction of sp³-hybridized carbons (Fsp3) is 0.533. The van der Waals surface area contributed by atoms with Crippen LogP contribution in [0.3, 0.4) is 0 Å². The molecule has 2 unspecified atom stereocenters. The first-order valence-electron chi connectivity index (χ1n) is 6.93. The molecule has 1 saturated heterocycles. The van der Waals surface area contributed by atoms with Crippen LogP contribution in [0, 0.1) is 0 Å². The summed E-state index contributed by atoms with van der Waals surface area (Å²) in [6.07, 6.45) is -0.728. The first kappa shape index (κ1) is 14.8. The van der Waals surface area contributed by atoms with Crippen LogP contribution >= 0.6 is 0 Å². The van der Waals surface area contributed by atoms with Crippen LogP contribution in [0.15, 0.2) is 24.3 Å². The van der Waals surface area contributed by atoms with Gasteiger partial charge in [0.15, 0.2) is 6.10 Å². The molecule has 1 aliphatic heterocycles.